The number of nitrogens with one attached hydrogen (secondary N) is 2. The van der Waals surface area contributed by atoms with Gasteiger partial charge in [-0.05, 0) is 72.1 Å². The van der Waals surface area contributed by atoms with Crippen molar-refractivity contribution in [2.75, 3.05) is 61.7 Å². The molecule has 1 unspecified atom stereocenters. The van der Waals surface area contributed by atoms with Crippen molar-refractivity contribution in [3.05, 3.63) is 96.4 Å². The van der Waals surface area contributed by atoms with E-state index in [1.54, 1.807) is 0 Å². The second-order valence-electron chi connectivity index (χ2n) is 11.8. The van der Waals surface area contributed by atoms with Crippen molar-refractivity contribution >= 4 is 39.6 Å². The predicted molar refractivity (Wildman–Crippen MR) is 176 cm³/mol. The number of anilines is 4. The highest BCUT2D eigenvalue weighted by atomic mass is 16.5. The van der Waals surface area contributed by atoms with Gasteiger partial charge < -0.3 is 34.3 Å². The van der Waals surface area contributed by atoms with E-state index in [0.29, 0.717) is 24.8 Å². The molecule has 2 fully saturated rings. The van der Waals surface area contributed by atoms with Crippen LogP contribution in [-0.2, 0) is 15.9 Å². The zero-order valence-corrected chi connectivity index (χ0v) is 25.0. The number of amides is 1. The van der Waals surface area contributed by atoms with Gasteiger partial charge in [0.05, 0.1) is 66.8 Å². The van der Waals surface area contributed by atoms with E-state index in [2.05, 4.69) is 61.6 Å². The lowest BCUT2D eigenvalue weighted by atomic mass is 10.0. The van der Waals surface area contributed by atoms with Crippen LogP contribution in [0.1, 0.15) is 28.4 Å². The number of hydrogen-bond acceptors (Lipinski definition) is 7. The van der Waals surface area contributed by atoms with Crippen molar-refractivity contribution in [3.63, 3.8) is 0 Å². The third kappa shape index (κ3) is 5.49. The van der Waals surface area contributed by atoms with Crippen molar-refractivity contribution in [1.82, 2.24) is 9.55 Å². The fourth-order valence-corrected chi connectivity index (χ4v) is 6.54. The molecule has 0 saturated carbocycles. The summed E-state index contributed by atoms with van der Waals surface area (Å²) in [5.74, 6) is 0.713. The number of ether oxygens (including phenoxy) is 3. The molecule has 5 heterocycles. The Labute approximate surface area is 261 Å². The Morgan fingerprint density at radius 2 is 1.76 bits per heavy atom. The van der Waals surface area contributed by atoms with Gasteiger partial charge in [-0.15, -0.1) is 0 Å². The molecular formula is C36H35N5O4. The van der Waals surface area contributed by atoms with Crippen LogP contribution in [0, 0.1) is 0 Å². The molecule has 3 aliphatic heterocycles. The maximum atomic E-state index is 13.3. The van der Waals surface area contributed by atoms with Gasteiger partial charge in [-0.2, -0.15) is 0 Å². The fourth-order valence-electron chi connectivity index (χ4n) is 6.54. The zero-order valence-electron chi connectivity index (χ0n) is 25.0. The molecule has 3 aromatic carbocycles. The van der Waals surface area contributed by atoms with Gasteiger partial charge in [-0.3, -0.25) is 9.78 Å². The van der Waals surface area contributed by atoms with Crippen LogP contribution in [0.2, 0.25) is 0 Å². The summed E-state index contributed by atoms with van der Waals surface area (Å²) in [4.78, 5) is 20.1. The average molecular weight is 602 g/mol. The van der Waals surface area contributed by atoms with Gasteiger partial charge in [0.15, 0.2) is 0 Å². The van der Waals surface area contributed by atoms with Crippen LogP contribution in [0.5, 0.6) is 5.75 Å². The van der Waals surface area contributed by atoms with Gasteiger partial charge in [0.25, 0.3) is 5.91 Å². The molecule has 0 aliphatic carbocycles. The second-order valence-corrected chi connectivity index (χ2v) is 11.8. The molecule has 1 amide bonds. The van der Waals surface area contributed by atoms with Crippen LogP contribution < -0.4 is 20.3 Å². The number of morpholine rings is 1. The van der Waals surface area contributed by atoms with Gasteiger partial charge in [-0.25, -0.2) is 0 Å². The molecule has 9 heteroatoms. The summed E-state index contributed by atoms with van der Waals surface area (Å²) in [6.45, 7) is 5.38. The monoisotopic (exact) mass is 601 g/mol. The van der Waals surface area contributed by atoms with Crippen LogP contribution in [0.4, 0.5) is 22.7 Å². The molecule has 5 aromatic rings. The number of rotatable bonds is 7. The predicted octanol–water partition coefficient (Wildman–Crippen LogP) is 6.43. The highest BCUT2D eigenvalue weighted by Gasteiger charge is 2.24. The van der Waals surface area contributed by atoms with E-state index in [4.69, 9.17) is 14.2 Å². The Bertz CT molecular complexity index is 1860. The number of fused-ring (bicyclic) bond motifs is 3. The van der Waals surface area contributed by atoms with E-state index in [9.17, 15) is 4.79 Å². The summed E-state index contributed by atoms with van der Waals surface area (Å²) in [5.41, 5.74) is 8.52. The molecule has 1 atom stereocenters. The van der Waals surface area contributed by atoms with Gasteiger partial charge in [0.2, 0.25) is 0 Å². The number of carbonyl (C=O) groups is 1. The molecular weight excluding hydrogens is 566 g/mol. The molecule has 2 aromatic heterocycles. The maximum Gasteiger partial charge on any atom is 0.257 e. The topological polar surface area (TPSA) is 89.9 Å². The van der Waals surface area contributed by atoms with Crippen LogP contribution in [-0.4, -0.2) is 61.6 Å². The zero-order chi connectivity index (χ0) is 30.2. The van der Waals surface area contributed by atoms with Crippen LogP contribution in [0.25, 0.3) is 22.0 Å². The minimum Gasteiger partial charge on any atom is -0.493 e. The quantitative estimate of drug-likeness (QED) is 0.222. The summed E-state index contributed by atoms with van der Waals surface area (Å²) in [6, 6.07) is 22.8. The van der Waals surface area contributed by atoms with E-state index < -0.39 is 0 Å². The third-order valence-electron chi connectivity index (χ3n) is 8.98. The maximum absolute atomic E-state index is 13.3. The molecule has 8 rings (SSSR count). The minimum atomic E-state index is -0.133. The molecule has 3 aliphatic rings. The lowest BCUT2D eigenvalue weighted by molar-refractivity contribution is 0.102. The van der Waals surface area contributed by atoms with E-state index in [1.165, 1.54) is 5.69 Å². The number of carbonyl (C=O) groups excluding carboxylic acids is 1. The Morgan fingerprint density at radius 1 is 0.867 bits per heavy atom. The van der Waals surface area contributed by atoms with E-state index in [-0.39, 0.29) is 5.91 Å². The molecule has 0 radical (unpaired) electrons. The van der Waals surface area contributed by atoms with E-state index >= 15 is 0 Å². The Hall–Kier alpha value is -4.86. The van der Waals surface area contributed by atoms with Crippen LogP contribution in [0.3, 0.4) is 0 Å². The highest BCUT2D eigenvalue weighted by Crippen LogP contribution is 2.39. The summed E-state index contributed by atoms with van der Waals surface area (Å²) >= 11 is 0. The largest absolute Gasteiger partial charge is 0.493 e. The average Bonchev–Trinajstić information content (AvgIpc) is 3.72. The summed E-state index contributed by atoms with van der Waals surface area (Å²) in [5, 5.41) is 7.78. The lowest BCUT2D eigenvalue weighted by Crippen LogP contribution is -2.36. The van der Waals surface area contributed by atoms with Crippen molar-refractivity contribution in [2.24, 2.45) is 0 Å². The minimum absolute atomic E-state index is 0.133. The lowest BCUT2D eigenvalue weighted by Gasteiger charge is -2.28. The van der Waals surface area contributed by atoms with Crippen LogP contribution >= 0.6 is 0 Å². The molecule has 2 N–H and O–H groups in total. The summed E-state index contributed by atoms with van der Waals surface area (Å²) in [6.07, 6.45) is 7.66. The normalized spacial score (nSPS) is 17.7. The van der Waals surface area contributed by atoms with Crippen molar-refractivity contribution in [3.8, 4) is 16.9 Å². The SMILES string of the molecule is O=C1Nc2cc(CCOc3ccc(N4CCOCC4)cc3)ccc2Nc2cc(-c3cn(C4CCOC4)c4cnccc34)ccc21. The Morgan fingerprint density at radius 3 is 2.60 bits per heavy atom. The molecule has 2 saturated heterocycles. The molecule has 0 bridgehead atoms. The standard InChI is InChI=1S/C36H35N5O4/c42-36-30-7-2-25(31-22-41(27-11-15-44-23-27)35-21-37-12-9-29(31)35)20-33(30)38-32-8-1-24(19-34(32)39-36)10-16-45-28-5-3-26(4-6-28)40-13-17-43-18-14-40/h1-9,12,19-22,27,38H,10-11,13-18,23H2,(H,39,42). The first-order chi connectivity index (χ1) is 22.2. The molecule has 45 heavy (non-hydrogen) atoms. The Kier molecular flexibility index (Phi) is 7.32. The number of aromatic nitrogens is 2. The number of pyridine rings is 1. The number of nitrogens with zero attached hydrogens (tertiary/aromatic N) is 3. The number of benzene rings is 3. The second kappa shape index (κ2) is 11.9. The molecule has 9 nitrogen and oxygen atoms in total. The third-order valence-corrected chi connectivity index (χ3v) is 8.98. The highest BCUT2D eigenvalue weighted by molar-refractivity contribution is 6.13. The van der Waals surface area contributed by atoms with Crippen molar-refractivity contribution in [1.29, 1.82) is 0 Å². The first-order valence-electron chi connectivity index (χ1n) is 15.6. The van der Waals surface area contributed by atoms with Gasteiger partial charge in [-0.1, -0.05) is 12.1 Å². The summed E-state index contributed by atoms with van der Waals surface area (Å²) in [7, 11) is 0. The summed E-state index contributed by atoms with van der Waals surface area (Å²) < 4.78 is 19.5. The van der Waals surface area contributed by atoms with Crippen molar-refractivity contribution < 1.29 is 19.0 Å². The van der Waals surface area contributed by atoms with Gasteiger partial charge in [0.1, 0.15) is 5.75 Å². The number of hydrogen-bond donors (Lipinski definition) is 2. The van der Waals surface area contributed by atoms with Gasteiger partial charge in [0, 0.05) is 55.1 Å². The van der Waals surface area contributed by atoms with E-state index in [0.717, 1.165) is 96.2 Å². The fraction of sp³-hybridized carbons (Fsp3) is 0.278. The molecule has 228 valence electrons. The van der Waals surface area contributed by atoms with Crippen molar-refractivity contribution in [2.45, 2.75) is 18.9 Å². The van der Waals surface area contributed by atoms with Gasteiger partial charge >= 0.3 is 0 Å². The smallest absolute Gasteiger partial charge is 0.257 e. The molecule has 0 spiro atoms. The van der Waals surface area contributed by atoms with Crippen LogP contribution in [0.15, 0.2) is 85.3 Å². The first kappa shape index (κ1) is 27.7. The van der Waals surface area contributed by atoms with E-state index in [1.807, 2.05) is 48.8 Å². The first-order valence-corrected chi connectivity index (χ1v) is 15.6. The Balaban J connectivity index is 0.983.